The second-order valence-corrected chi connectivity index (χ2v) is 5.10. The monoisotopic (exact) mass is 243 g/mol. The third-order valence-electron chi connectivity index (χ3n) is 3.91. The molecule has 1 aliphatic heterocycles. The van der Waals surface area contributed by atoms with E-state index in [4.69, 9.17) is 5.73 Å². The van der Waals surface area contributed by atoms with Crippen molar-refractivity contribution in [2.24, 2.45) is 5.73 Å². The number of para-hydroxylation sites is 1. The van der Waals surface area contributed by atoms with E-state index in [1.807, 2.05) is 0 Å². The molecule has 0 spiro atoms. The maximum Gasteiger partial charge on any atom is 0.0476 e. The van der Waals surface area contributed by atoms with Crippen molar-refractivity contribution in [2.75, 3.05) is 13.1 Å². The van der Waals surface area contributed by atoms with Gasteiger partial charge in [0.25, 0.3) is 0 Å². The van der Waals surface area contributed by atoms with Crippen LogP contribution in [0.25, 0.3) is 10.9 Å². The highest BCUT2D eigenvalue weighted by Gasteiger charge is 2.22. The van der Waals surface area contributed by atoms with E-state index in [-0.39, 0.29) is 0 Å². The maximum absolute atomic E-state index is 5.57. The highest BCUT2D eigenvalue weighted by molar-refractivity contribution is 5.85. The van der Waals surface area contributed by atoms with Crippen molar-refractivity contribution >= 4 is 10.9 Å². The first kappa shape index (κ1) is 11.8. The summed E-state index contributed by atoms with van der Waals surface area (Å²) in [6.07, 6.45) is 4.63. The Morgan fingerprint density at radius 1 is 1.22 bits per heavy atom. The predicted molar refractivity (Wildman–Crippen MR) is 75.7 cm³/mol. The number of nitrogens with two attached hydrogens (primary N) is 1. The smallest absolute Gasteiger partial charge is 0.0476 e. The highest BCUT2D eigenvalue weighted by atomic mass is 15.0. The Labute approximate surface area is 108 Å². The molecule has 4 N–H and O–H groups in total. The molecule has 3 heteroatoms. The van der Waals surface area contributed by atoms with E-state index in [2.05, 4.69) is 34.6 Å². The third-order valence-corrected chi connectivity index (χ3v) is 3.91. The van der Waals surface area contributed by atoms with Crippen LogP contribution < -0.4 is 11.1 Å². The van der Waals surface area contributed by atoms with E-state index < -0.39 is 0 Å². The van der Waals surface area contributed by atoms with Gasteiger partial charge in [0.1, 0.15) is 0 Å². The molecule has 1 aromatic carbocycles. The molecule has 3 nitrogen and oxygen atoms in total. The van der Waals surface area contributed by atoms with Crippen LogP contribution in [0.4, 0.5) is 0 Å². The Morgan fingerprint density at radius 3 is 3.00 bits per heavy atom. The van der Waals surface area contributed by atoms with E-state index in [1.165, 1.54) is 35.0 Å². The number of aromatic nitrogens is 1. The Balaban J connectivity index is 1.90. The Kier molecular flexibility index (Phi) is 3.35. The van der Waals surface area contributed by atoms with Gasteiger partial charge in [0.15, 0.2) is 0 Å². The lowest BCUT2D eigenvalue weighted by molar-refractivity contribution is 0.451. The lowest BCUT2D eigenvalue weighted by Crippen LogP contribution is -2.29. The molecule has 0 radical (unpaired) electrons. The number of nitrogens with one attached hydrogen (secondary N) is 2. The van der Waals surface area contributed by atoms with Gasteiger partial charge in [-0.1, -0.05) is 24.6 Å². The average molecular weight is 243 g/mol. The number of H-pyrrole nitrogens is 1. The lowest BCUT2D eigenvalue weighted by atomic mass is 9.96. The molecule has 0 saturated heterocycles. The number of unbranched alkanes of at least 4 members (excludes halogenated alkanes) is 1. The number of hydrogen-bond donors (Lipinski definition) is 3. The molecule has 1 aliphatic rings. The molecule has 3 rings (SSSR count). The molecule has 1 atom stereocenters. The largest absolute Gasteiger partial charge is 0.357 e. The summed E-state index contributed by atoms with van der Waals surface area (Å²) in [5.74, 6) is 0. The van der Waals surface area contributed by atoms with Crippen molar-refractivity contribution in [3.05, 3.63) is 35.5 Å². The Morgan fingerprint density at radius 2 is 2.11 bits per heavy atom. The molecule has 0 aliphatic carbocycles. The van der Waals surface area contributed by atoms with E-state index >= 15 is 0 Å². The van der Waals surface area contributed by atoms with Crippen LogP contribution >= 0.6 is 0 Å². The molecular weight excluding hydrogens is 222 g/mol. The van der Waals surface area contributed by atoms with E-state index in [9.17, 15) is 0 Å². The van der Waals surface area contributed by atoms with E-state index in [1.54, 1.807) is 0 Å². The van der Waals surface area contributed by atoms with Crippen molar-refractivity contribution in [3.8, 4) is 0 Å². The van der Waals surface area contributed by atoms with Gasteiger partial charge >= 0.3 is 0 Å². The zero-order chi connectivity index (χ0) is 12.4. The van der Waals surface area contributed by atoms with Crippen LogP contribution in [-0.4, -0.2) is 18.1 Å². The zero-order valence-electron chi connectivity index (χ0n) is 10.7. The fourth-order valence-electron chi connectivity index (χ4n) is 3.00. The minimum absolute atomic E-state index is 0.479. The normalized spacial score (nSPS) is 19.1. The quantitative estimate of drug-likeness (QED) is 0.723. The van der Waals surface area contributed by atoms with Crippen molar-refractivity contribution in [1.29, 1.82) is 0 Å². The molecule has 2 heterocycles. The number of aromatic amines is 1. The van der Waals surface area contributed by atoms with Gasteiger partial charge < -0.3 is 16.0 Å². The summed E-state index contributed by atoms with van der Waals surface area (Å²) in [6.45, 7) is 1.88. The molecule has 18 heavy (non-hydrogen) atoms. The van der Waals surface area contributed by atoms with E-state index in [0.717, 1.165) is 25.9 Å². The number of benzene rings is 1. The van der Waals surface area contributed by atoms with Crippen molar-refractivity contribution in [2.45, 2.75) is 31.7 Å². The van der Waals surface area contributed by atoms with Crippen LogP contribution in [0.3, 0.4) is 0 Å². The van der Waals surface area contributed by atoms with Crippen molar-refractivity contribution in [3.63, 3.8) is 0 Å². The van der Waals surface area contributed by atoms with Gasteiger partial charge in [-0.15, -0.1) is 0 Å². The van der Waals surface area contributed by atoms with Gasteiger partial charge in [-0.2, -0.15) is 0 Å². The summed E-state index contributed by atoms with van der Waals surface area (Å²) in [7, 11) is 0. The van der Waals surface area contributed by atoms with Crippen molar-refractivity contribution < 1.29 is 0 Å². The zero-order valence-corrected chi connectivity index (χ0v) is 10.7. The van der Waals surface area contributed by atoms with Crippen LogP contribution in [0.5, 0.6) is 0 Å². The predicted octanol–water partition coefficient (Wildman–Crippen LogP) is 2.48. The third kappa shape index (κ3) is 2.04. The van der Waals surface area contributed by atoms with Crippen LogP contribution in [-0.2, 0) is 6.42 Å². The van der Waals surface area contributed by atoms with Gasteiger partial charge in [-0.25, -0.2) is 0 Å². The van der Waals surface area contributed by atoms with Crippen molar-refractivity contribution in [1.82, 2.24) is 10.3 Å². The second kappa shape index (κ2) is 5.12. The Bertz CT molecular complexity index is 530. The lowest BCUT2D eigenvalue weighted by Gasteiger charge is -2.24. The van der Waals surface area contributed by atoms with Crippen LogP contribution in [0.1, 0.15) is 36.6 Å². The van der Waals surface area contributed by atoms with Gasteiger partial charge in [-0.05, 0) is 44.0 Å². The topological polar surface area (TPSA) is 53.8 Å². The van der Waals surface area contributed by atoms with Gasteiger partial charge in [0, 0.05) is 22.6 Å². The Hall–Kier alpha value is -1.32. The fourth-order valence-corrected chi connectivity index (χ4v) is 3.00. The summed E-state index contributed by atoms with van der Waals surface area (Å²) < 4.78 is 0. The molecule has 1 aromatic heterocycles. The molecule has 1 unspecified atom stereocenters. The van der Waals surface area contributed by atoms with Crippen LogP contribution in [0.15, 0.2) is 24.3 Å². The standard InChI is InChI=1S/C15H21N3/c16-9-4-3-7-14-15-12(8-10-17-14)11-5-1-2-6-13(11)18-15/h1-2,5-6,14,17-18H,3-4,7-10,16H2. The van der Waals surface area contributed by atoms with Crippen LogP contribution in [0.2, 0.25) is 0 Å². The van der Waals surface area contributed by atoms with Gasteiger partial charge in [-0.3, -0.25) is 0 Å². The summed E-state index contributed by atoms with van der Waals surface area (Å²) in [5, 5.41) is 5.02. The fraction of sp³-hybridized carbons (Fsp3) is 0.467. The minimum Gasteiger partial charge on any atom is -0.357 e. The highest BCUT2D eigenvalue weighted by Crippen LogP contribution is 2.31. The first-order valence-corrected chi connectivity index (χ1v) is 6.93. The number of rotatable bonds is 4. The molecule has 0 saturated carbocycles. The molecule has 0 amide bonds. The summed E-state index contributed by atoms with van der Waals surface area (Å²) in [6, 6.07) is 9.10. The SMILES string of the molecule is NCCCCC1NCCc2c1[nH]c1ccccc21. The van der Waals surface area contributed by atoms with E-state index in [0.29, 0.717) is 6.04 Å². The first-order chi connectivity index (χ1) is 8.90. The summed E-state index contributed by atoms with van der Waals surface area (Å²) in [5.41, 5.74) is 9.76. The van der Waals surface area contributed by atoms with Gasteiger partial charge in [0.05, 0.1) is 0 Å². The average Bonchev–Trinajstić information content (AvgIpc) is 2.79. The number of fused-ring (bicyclic) bond motifs is 3. The molecule has 2 aromatic rings. The first-order valence-electron chi connectivity index (χ1n) is 6.93. The second-order valence-electron chi connectivity index (χ2n) is 5.10. The summed E-state index contributed by atoms with van der Waals surface area (Å²) in [4.78, 5) is 3.60. The summed E-state index contributed by atoms with van der Waals surface area (Å²) >= 11 is 0. The maximum atomic E-state index is 5.57. The molecule has 0 fully saturated rings. The number of hydrogen-bond acceptors (Lipinski definition) is 2. The van der Waals surface area contributed by atoms with Crippen LogP contribution in [0, 0.1) is 0 Å². The van der Waals surface area contributed by atoms with Gasteiger partial charge in [0.2, 0.25) is 0 Å². The molecule has 0 bridgehead atoms. The minimum atomic E-state index is 0.479. The molecular formula is C15H21N3. The molecule has 96 valence electrons.